The fraction of sp³-hybridized carbons (Fsp3) is 0.692. The fourth-order valence-corrected chi connectivity index (χ4v) is 2.79. The third-order valence-electron chi connectivity index (χ3n) is 3.94. The molecule has 6 nitrogen and oxygen atoms in total. The molecule has 110 valence electrons. The molecule has 1 aromatic rings. The molecule has 0 aliphatic carbocycles. The van der Waals surface area contributed by atoms with Gasteiger partial charge >= 0.3 is 5.69 Å². The molecule has 1 saturated heterocycles. The van der Waals surface area contributed by atoms with E-state index in [1.165, 1.54) is 6.20 Å². The molecule has 0 amide bonds. The lowest BCUT2D eigenvalue weighted by Gasteiger charge is -2.38. The van der Waals surface area contributed by atoms with Gasteiger partial charge in [-0.05, 0) is 35.8 Å². The quantitative estimate of drug-likeness (QED) is 0.476. The number of hydrogen-bond acceptors (Lipinski definition) is 5. The van der Waals surface area contributed by atoms with Gasteiger partial charge in [-0.15, -0.1) is 0 Å². The molecule has 0 aromatic carbocycles. The minimum absolute atomic E-state index is 0.0449. The van der Waals surface area contributed by atoms with E-state index in [1.807, 2.05) is 4.90 Å². The Morgan fingerprint density at radius 3 is 2.50 bits per heavy atom. The van der Waals surface area contributed by atoms with Crippen LogP contribution in [0.4, 0.5) is 11.5 Å². The van der Waals surface area contributed by atoms with Gasteiger partial charge in [0.2, 0.25) is 11.1 Å². The van der Waals surface area contributed by atoms with Crippen molar-refractivity contribution in [3.05, 3.63) is 21.6 Å². The Morgan fingerprint density at radius 1 is 1.40 bits per heavy atom. The molecule has 0 N–H and O–H groups in total. The van der Waals surface area contributed by atoms with Crippen molar-refractivity contribution in [2.75, 3.05) is 18.0 Å². The average molecular weight is 299 g/mol. The van der Waals surface area contributed by atoms with Gasteiger partial charge in [-0.3, -0.25) is 10.1 Å². The Bertz CT molecular complexity index is 508. The standard InChI is InChI=1S/C13H19ClN4O2/c1-13(2,3)9-4-6-17(7-5-9)11-10(18(19)20)8-15-12(14)16-11/h8-9H,4-7H2,1-3H3. The van der Waals surface area contributed by atoms with Gasteiger partial charge in [-0.1, -0.05) is 20.8 Å². The zero-order chi connectivity index (χ0) is 14.9. The summed E-state index contributed by atoms with van der Waals surface area (Å²) in [6.07, 6.45) is 3.19. The maximum absolute atomic E-state index is 11.1. The van der Waals surface area contributed by atoms with Crippen LogP contribution in [0.25, 0.3) is 0 Å². The van der Waals surface area contributed by atoms with Crippen LogP contribution in [0.3, 0.4) is 0 Å². The lowest BCUT2D eigenvalue weighted by Crippen LogP contribution is -2.38. The molecule has 1 fully saturated rings. The predicted octanol–water partition coefficient (Wildman–Crippen LogP) is 3.30. The average Bonchev–Trinajstić information content (AvgIpc) is 2.37. The van der Waals surface area contributed by atoms with E-state index < -0.39 is 4.92 Å². The predicted molar refractivity (Wildman–Crippen MR) is 78.1 cm³/mol. The van der Waals surface area contributed by atoms with Gasteiger partial charge in [-0.2, -0.15) is 4.98 Å². The number of hydrogen-bond donors (Lipinski definition) is 0. The molecule has 0 atom stereocenters. The maximum Gasteiger partial charge on any atom is 0.329 e. The second kappa shape index (κ2) is 5.52. The van der Waals surface area contributed by atoms with Crippen LogP contribution < -0.4 is 4.90 Å². The smallest absolute Gasteiger partial charge is 0.329 e. The highest BCUT2D eigenvalue weighted by Crippen LogP contribution is 2.37. The van der Waals surface area contributed by atoms with E-state index in [1.54, 1.807) is 0 Å². The fourth-order valence-electron chi connectivity index (χ4n) is 2.66. The summed E-state index contributed by atoms with van der Waals surface area (Å²) in [5, 5.41) is 11.1. The molecule has 0 spiro atoms. The summed E-state index contributed by atoms with van der Waals surface area (Å²) < 4.78 is 0. The van der Waals surface area contributed by atoms with Crippen LogP contribution >= 0.6 is 11.6 Å². The highest BCUT2D eigenvalue weighted by atomic mass is 35.5. The van der Waals surface area contributed by atoms with Crippen LogP contribution in [-0.2, 0) is 0 Å². The second-order valence-electron chi connectivity index (χ2n) is 6.23. The van der Waals surface area contributed by atoms with Gasteiger partial charge in [0.15, 0.2) is 0 Å². The number of piperidine rings is 1. The first-order valence-corrected chi connectivity index (χ1v) is 7.08. The van der Waals surface area contributed by atoms with Crippen molar-refractivity contribution in [1.82, 2.24) is 9.97 Å². The molecule has 2 rings (SSSR count). The maximum atomic E-state index is 11.1. The Labute approximate surface area is 123 Å². The molecule has 20 heavy (non-hydrogen) atoms. The van der Waals surface area contributed by atoms with Gasteiger partial charge in [0.1, 0.15) is 6.20 Å². The molecule has 0 unspecified atom stereocenters. The zero-order valence-electron chi connectivity index (χ0n) is 12.0. The number of nitrogens with zero attached hydrogens (tertiary/aromatic N) is 4. The first kappa shape index (κ1) is 15.0. The van der Waals surface area contributed by atoms with E-state index >= 15 is 0 Å². The molecule has 0 saturated carbocycles. The number of aromatic nitrogens is 2. The van der Waals surface area contributed by atoms with Crippen LogP contribution in [0, 0.1) is 21.4 Å². The van der Waals surface area contributed by atoms with E-state index in [0.717, 1.165) is 25.9 Å². The number of rotatable bonds is 2. The van der Waals surface area contributed by atoms with Gasteiger partial charge in [0, 0.05) is 13.1 Å². The van der Waals surface area contributed by atoms with Gasteiger partial charge in [0.25, 0.3) is 0 Å². The topological polar surface area (TPSA) is 72.2 Å². The minimum Gasteiger partial charge on any atom is -0.351 e. The van der Waals surface area contributed by atoms with E-state index in [2.05, 4.69) is 30.7 Å². The molecule has 1 aliphatic rings. The molecule has 0 bridgehead atoms. The van der Waals surface area contributed by atoms with E-state index in [9.17, 15) is 10.1 Å². The SMILES string of the molecule is CC(C)(C)C1CCN(c2nc(Cl)ncc2[N+](=O)[O-])CC1. The largest absolute Gasteiger partial charge is 0.351 e. The van der Waals surface area contributed by atoms with Gasteiger partial charge < -0.3 is 4.90 Å². The van der Waals surface area contributed by atoms with Crippen molar-refractivity contribution in [3.63, 3.8) is 0 Å². The van der Waals surface area contributed by atoms with Crippen LogP contribution in [-0.4, -0.2) is 28.0 Å². The second-order valence-corrected chi connectivity index (χ2v) is 6.57. The summed E-state index contributed by atoms with van der Waals surface area (Å²) in [5.74, 6) is 0.956. The summed E-state index contributed by atoms with van der Waals surface area (Å²) in [7, 11) is 0. The summed E-state index contributed by atoms with van der Waals surface area (Å²) >= 11 is 5.77. The van der Waals surface area contributed by atoms with Crippen molar-refractivity contribution >= 4 is 23.1 Å². The molecule has 0 radical (unpaired) electrons. The Kier molecular flexibility index (Phi) is 4.13. The highest BCUT2D eigenvalue weighted by Gasteiger charge is 2.31. The van der Waals surface area contributed by atoms with Crippen molar-refractivity contribution in [1.29, 1.82) is 0 Å². The molecular formula is C13H19ClN4O2. The number of halogens is 1. The summed E-state index contributed by atoms with van der Waals surface area (Å²) in [6.45, 7) is 8.22. The van der Waals surface area contributed by atoms with Crippen molar-refractivity contribution in [2.45, 2.75) is 33.6 Å². The Hall–Kier alpha value is -1.43. The number of nitro groups is 1. The molecule has 7 heteroatoms. The van der Waals surface area contributed by atoms with Crippen molar-refractivity contribution in [3.8, 4) is 0 Å². The Balaban J connectivity index is 2.18. The molecular weight excluding hydrogens is 280 g/mol. The zero-order valence-corrected chi connectivity index (χ0v) is 12.7. The van der Waals surface area contributed by atoms with Crippen LogP contribution in [0.5, 0.6) is 0 Å². The number of anilines is 1. The normalized spacial score (nSPS) is 17.3. The van der Waals surface area contributed by atoms with E-state index in [4.69, 9.17) is 11.6 Å². The first-order valence-electron chi connectivity index (χ1n) is 6.71. The Morgan fingerprint density at radius 2 is 2.00 bits per heavy atom. The van der Waals surface area contributed by atoms with Crippen LogP contribution in [0.2, 0.25) is 5.28 Å². The third kappa shape index (κ3) is 3.17. The van der Waals surface area contributed by atoms with Gasteiger partial charge in [-0.25, -0.2) is 4.98 Å². The van der Waals surface area contributed by atoms with Crippen LogP contribution in [0.1, 0.15) is 33.6 Å². The molecule has 1 aliphatic heterocycles. The monoisotopic (exact) mass is 298 g/mol. The first-order chi connectivity index (χ1) is 9.29. The van der Waals surface area contributed by atoms with Crippen LogP contribution in [0.15, 0.2) is 6.20 Å². The van der Waals surface area contributed by atoms with Gasteiger partial charge in [0.05, 0.1) is 4.92 Å². The van der Waals surface area contributed by atoms with Crippen molar-refractivity contribution in [2.24, 2.45) is 11.3 Å². The van der Waals surface area contributed by atoms with Crippen molar-refractivity contribution < 1.29 is 4.92 Å². The van der Waals surface area contributed by atoms with E-state index in [0.29, 0.717) is 11.7 Å². The lowest BCUT2D eigenvalue weighted by atomic mass is 9.75. The highest BCUT2D eigenvalue weighted by molar-refractivity contribution is 6.28. The minimum atomic E-state index is -0.457. The summed E-state index contributed by atoms with van der Waals surface area (Å²) in [4.78, 5) is 20.3. The summed E-state index contributed by atoms with van der Waals surface area (Å²) in [6, 6.07) is 0. The lowest BCUT2D eigenvalue weighted by molar-refractivity contribution is -0.384. The summed E-state index contributed by atoms with van der Waals surface area (Å²) in [5.41, 5.74) is 0.185. The molecule has 2 heterocycles. The molecule has 1 aromatic heterocycles. The third-order valence-corrected chi connectivity index (χ3v) is 4.12. The van der Waals surface area contributed by atoms with E-state index in [-0.39, 0.29) is 16.4 Å².